The SMILES string of the molecule is CC(=O)Nc1cccc(C2CCN(CCCNC(=O)N3C(=O)NC(C)=C(C(=O)O)[C@@H]3c3ccc(F)c(F)c3)CC2)c1. The van der Waals surface area contributed by atoms with E-state index in [0.717, 1.165) is 49.8 Å². The lowest BCUT2D eigenvalue weighted by Crippen LogP contribution is -2.54. The average molecular weight is 570 g/mol. The first-order chi connectivity index (χ1) is 19.5. The molecule has 2 aliphatic rings. The number of nitrogens with one attached hydrogen (secondary N) is 3. The van der Waals surface area contributed by atoms with Crippen molar-refractivity contribution in [2.45, 2.75) is 45.1 Å². The lowest BCUT2D eigenvalue weighted by atomic mass is 9.89. The molecule has 0 unspecified atom stereocenters. The molecule has 12 heteroatoms. The summed E-state index contributed by atoms with van der Waals surface area (Å²) in [4.78, 5) is 52.2. The number of hydrogen-bond acceptors (Lipinski definition) is 5. The first-order valence-corrected chi connectivity index (χ1v) is 13.4. The number of likely N-dealkylation sites (tertiary alicyclic amines) is 1. The second-order valence-electron chi connectivity index (χ2n) is 10.2. The summed E-state index contributed by atoms with van der Waals surface area (Å²) < 4.78 is 27.6. The number of allylic oxidation sites excluding steroid dienone is 1. The number of benzene rings is 2. The summed E-state index contributed by atoms with van der Waals surface area (Å²) in [6, 6.07) is 7.47. The van der Waals surface area contributed by atoms with Crippen molar-refractivity contribution in [2.75, 3.05) is 31.5 Å². The second-order valence-corrected chi connectivity index (χ2v) is 10.2. The highest BCUT2D eigenvalue weighted by molar-refractivity contribution is 6.01. The molecule has 218 valence electrons. The van der Waals surface area contributed by atoms with Crippen molar-refractivity contribution in [1.82, 2.24) is 20.4 Å². The van der Waals surface area contributed by atoms with Gasteiger partial charge in [-0.2, -0.15) is 0 Å². The zero-order chi connectivity index (χ0) is 29.7. The molecule has 5 amide bonds. The molecule has 2 heterocycles. The van der Waals surface area contributed by atoms with Crippen molar-refractivity contribution in [3.05, 3.63) is 76.5 Å². The number of urea groups is 2. The summed E-state index contributed by atoms with van der Waals surface area (Å²) >= 11 is 0. The van der Waals surface area contributed by atoms with Crippen LogP contribution < -0.4 is 16.0 Å². The third-order valence-electron chi connectivity index (χ3n) is 7.35. The quantitative estimate of drug-likeness (QED) is 0.350. The van der Waals surface area contributed by atoms with E-state index in [9.17, 15) is 33.1 Å². The van der Waals surface area contributed by atoms with Crippen LogP contribution in [0.3, 0.4) is 0 Å². The van der Waals surface area contributed by atoms with Gasteiger partial charge in [-0.05, 0) is 87.1 Å². The molecule has 10 nitrogen and oxygen atoms in total. The summed E-state index contributed by atoms with van der Waals surface area (Å²) in [6.45, 7) is 5.50. The predicted molar refractivity (Wildman–Crippen MR) is 147 cm³/mol. The van der Waals surface area contributed by atoms with E-state index >= 15 is 0 Å². The van der Waals surface area contributed by atoms with Crippen molar-refractivity contribution in [2.24, 2.45) is 0 Å². The largest absolute Gasteiger partial charge is 0.478 e. The zero-order valence-electron chi connectivity index (χ0n) is 22.9. The van der Waals surface area contributed by atoms with Gasteiger partial charge in [0.15, 0.2) is 11.6 Å². The van der Waals surface area contributed by atoms with Crippen LogP contribution in [-0.2, 0) is 9.59 Å². The number of amides is 5. The Morgan fingerprint density at radius 1 is 1.05 bits per heavy atom. The monoisotopic (exact) mass is 569 g/mol. The number of carboxylic acids is 1. The standard InChI is InChI=1S/C29H33F2N5O5/c1-17-25(27(38)39)26(21-7-8-23(30)24(31)16-21)36(29(41)33-17)28(40)32-11-4-12-35-13-9-19(10-14-35)20-5-3-6-22(15-20)34-18(2)37/h3,5-8,15-16,19,26H,4,9-14H2,1-2H3,(H,32,40)(H,33,41)(H,34,37)(H,38,39)/t26-/m0/s1. The minimum Gasteiger partial charge on any atom is -0.478 e. The molecule has 4 N–H and O–H groups in total. The van der Waals surface area contributed by atoms with Crippen molar-refractivity contribution in [1.29, 1.82) is 0 Å². The maximum atomic E-state index is 14.0. The average Bonchev–Trinajstić information content (AvgIpc) is 2.92. The van der Waals surface area contributed by atoms with E-state index in [2.05, 4.69) is 26.9 Å². The van der Waals surface area contributed by atoms with Gasteiger partial charge in [-0.25, -0.2) is 28.1 Å². The van der Waals surface area contributed by atoms with E-state index < -0.39 is 35.7 Å². The fourth-order valence-electron chi connectivity index (χ4n) is 5.37. The van der Waals surface area contributed by atoms with Crippen LogP contribution in [0, 0.1) is 11.6 Å². The number of aliphatic carboxylic acids is 1. The Labute approximate surface area is 236 Å². The van der Waals surface area contributed by atoms with E-state index in [1.807, 2.05) is 18.2 Å². The Morgan fingerprint density at radius 3 is 2.44 bits per heavy atom. The van der Waals surface area contributed by atoms with E-state index in [0.29, 0.717) is 23.8 Å². The molecule has 2 aromatic rings. The Morgan fingerprint density at radius 2 is 1.78 bits per heavy atom. The molecule has 0 spiro atoms. The molecule has 41 heavy (non-hydrogen) atoms. The molecule has 2 aliphatic heterocycles. The van der Waals surface area contributed by atoms with Crippen molar-refractivity contribution in [3.63, 3.8) is 0 Å². The van der Waals surface area contributed by atoms with Crippen LogP contribution >= 0.6 is 0 Å². The van der Waals surface area contributed by atoms with Gasteiger partial charge in [0, 0.05) is 24.9 Å². The van der Waals surface area contributed by atoms with Crippen LogP contribution in [0.5, 0.6) is 0 Å². The number of carbonyl (C=O) groups is 4. The maximum absolute atomic E-state index is 14.0. The van der Waals surface area contributed by atoms with Crippen molar-refractivity contribution in [3.8, 4) is 0 Å². The fraction of sp³-hybridized carbons (Fsp3) is 0.379. The maximum Gasteiger partial charge on any atom is 0.335 e. The Kier molecular flexibility index (Phi) is 9.33. The minimum absolute atomic E-state index is 0.00604. The van der Waals surface area contributed by atoms with Crippen LogP contribution in [0.25, 0.3) is 0 Å². The fourth-order valence-corrected chi connectivity index (χ4v) is 5.37. The van der Waals surface area contributed by atoms with Crippen LogP contribution in [0.4, 0.5) is 24.1 Å². The lowest BCUT2D eigenvalue weighted by Gasteiger charge is -2.36. The van der Waals surface area contributed by atoms with Crippen LogP contribution in [0.1, 0.15) is 56.2 Å². The van der Waals surface area contributed by atoms with E-state index in [-0.39, 0.29) is 29.3 Å². The summed E-state index contributed by atoms with van der Waals surface area (Å²) in [6.07, 6.45) is 2.48. The molecule has 2 aromatic carbocycles. The number of anilines is 1. The Bertz CT molecular complexity index is 1370. The number of carbonyl (C=O) groups excluding carboxylic acids is 3. The van der Waals surface area contributed by atoms with Gasteiger partial charge in [-0.15, -0.1) is 0 Å². The highest BCUT2D eigenvalue weighted by Crippen LogP contribution is 2.34. The molecule has 4 rings (SSSR count). The van der Waals surface area contributed by atoms with E-state index in [1.54, 1.807) is 0 Å². The molecule has 0 radical (unpaired) electrons. The van der Waals surface area contributed by atoms with Gasteiger partial charge >= 0.3 is 18.0 Å². The number of piperidine rings is 1. The molecule has 0 saturated carbocycles. The summed E-state index contributed by atoms with van der Waals surface area (Å²) in [5, 5.41) is 17.6. The van der Waals surface area contributed by atoms with Crippen molar-refractivity contribution < 1.29 is 33.1 Å². The molecule has 0 bridgehead atoms. The third-order valence-corrected chi connectivity index (χ3v) is 7.35. The summed E-state index contributed by atoms with van der Waals surface area (Å²) in [5.74, 6) is -3.49. The molecule has 0 aliphatic carbocycles. The number of hydrogen-bond donors (Lipinski definition) is 4. The summed E-state index contributed by atoms with van der Waals surface area (Å²) in [5.41, 5.74) is 1.60. The van der Waals surface area contributed by atoms with Gasteiger partial charge in [0.25, 0.3) is 0 Å². The van der Waals surface area contributed by atoms with Gasteiger partial charge < -0.3 is 26.0 Å². The van der Waals surface area contributed by atoms with Crippen molar-refractivity contribution >= 4 is 29.6 Å². The first kappa shape index (κ1) is 29.7. The van der Waals surface area contributed by atoms with Gasteiger partial charge in [0.2, 0.25) is 5.91 Å². The number of halogens is 2. The second kappa shape index (κ2) is 12.9. The van der Waals surface area contributed by atoms with Gasteiger partial charge in [0.05, 0.1) is 5.57 Å². The Balaban J connectivity index is 1.33. The molecule has 1 atom stereocenters. The minimum atomic E-state index is -1.44. The van der Waals surface area contributed by atoms with Gasteiger partial charge in [0.1, 0.15) is 6.04 Å². The Hall–Kier alpha value is -4.32. The number of rotatable bonds is 8. The topological polar surface area (TPSA) is 131 Å². The first-order valence-electron chi connectivity index (χ1n) is 13.4. The predicted octanol–water partition coefficient (Wildman–Crippen LogP) is 4.33. The molecule has 1 saturated heterocycles. The van der Waals surface area contributed by atoms with Crippen LogP contribution in [0.2, 0.25) is 0 Å². The molecule has 1 fully saturated rings. The molecular formula is C29H33F2N5O5. The number of carboxylic acid groups (broad SMARTS) is 1. The number of imide groups is 1. The zero-order valence-corrected chi connectivity index (χ0v) is 22.9. The van der Waals surface area contributed by atoms with E-state index in [1.165, 1.54) is 19.4 Å². The molecule has 0 aromatic heterocycles. The smallest absolute Gasteiger partial charge is 0.335 e. The highest BCUT2D eigenvalue weighted by Gasteiger charge is 2.41. The molecular weight excluding hydrogens is 536 g/mol. The lowest BCUT2D eigenvalue weighted by molar-refractivity contribution is -0.133. The van der Waals surface area contributed by atoms with Crippen LogP contribution in [-0.4, -0.2) is 65.0 Å². The third kappa shape index (κ3) is 7.07. The van der Waals surface area contributed by atoms with Crippen LogP contribution in [0.15, 0.2) is 53.7 Å². The number of nitrogens with zero attached hydrogens (tertiary/aromatic N) is 2. The van der Waals surface area contributed by atoms with Gasteiger partial charge in [-0.1, -0.05) is 18.2 Å². The van der Waals surface area contributed by atoms with Gasteiger partial charge in [-0.3, -0.25) is 4.79 Å². The highest BCUT2D eigenvalue weighted by atomic mass is 19.2. The van der Waals surface area contributed by atoms with E-state index in [4.69, 9.17) is 0 Å². The normalized spacial score (nSPS) is 18.2. The summed E-state index contributed by atoms with van der Waals surface area (Å²) in [7, 11) is 0.